The van der Waals surface area contributed by atoms with E-state index in [2.05, 4.69) is 27.2 Å². The average molecular weight is 402 g/mol. The molecule has 1 fully saturated rings. The number of nitrogens with zero attached hydrogens (tertiary/aromatic N) is 2. The Balaban J connectivity index is 1.49. The quantitative estimate of drug-likeness (QED) is 0.733. The van der Waals surface area contributed by atoms with Gasteiger partial charge >= 0.3 is 0 Å². The maximum Gasteiger partial charge on any atom is 0.238 e. The Labute approximate surface area is 172 Å². The zero-order chi connectivity index (χ0) is 19.8. The van der Waals surface area contributed by atoms with Crippen LogP contribution in [-0.4, -0.2) is 55.1 Å². The molecule has 5 nitrogen and oxygen atoms in total. The van der Waals surface area contributed by atoms with Crippen molar-refractivity contribution in [3.63, 3.8) is 0 Å². The van der Waals surface area contributed by atoms with Gasteiger partial charge in [0.15, 0.2) is 0 Å². The fourth-order valence-electron chi connectivity index (χ4n) is 3.26. The number of benzene rings is 2. The second kappa shape index (κ2) is 10.6. The van der Waals surface area contributed by atoms with Crippen LogP contribution in [0.3, 0.4) is 0 Å². The first-order valence-corrected chi connectivity index (χ1v) is 10.2. The minimum absolute atomic E-state index is 0.0187. The van der Waals surface area contributed by atoms with E-state index in [1.807, 2.05) is 43.3 Å². The summed E-state index contributed by atoms with van der Waals surface area (Å²) in [5, 5.41) is 3.72. The van der Waals surface area contributed by atoms with Crippen molar-refractivity contribution in [1.82, 2.24) is 9.80 Å². The summed E-state index contributed by atoms with van der Waals surface area (Å²) in [6.07, 6.45) is 0. The Morgan fingerprint density at radius 2 is 1.86 bits per heavy atom. The number of ether oxygens (including phenoxy) is 1. The molecule has 0 atom stereocenters. The second-order valence-corrected chi connectivity index (χ2v) is 7.44. The zero-order valence-corrected chi connectivity index (χ0v) is 17.1. The molecular formula is C22H28ClN3O2. The average Bonchev–Trinajstić information content (AvgIpc) is 2.71. The van der Waals surface area contributed by atoms with Crippen LogP contribution in [-0.2, 0) is 22.6 Å². The van der Waals surface area contributed by atoms with Crippen LogP contribution in [0.1, 0.15) is 18.1 Å². The first kappa shape index (κ1) is 20.8. The Bertz CT molecular complexity index is 761. The summed E-state index contributed by atoms with van der Waals surface area (Å²) in [4.78, 5) is 16.9. The lowest BCUT2D eigenvalue weighted by molar-refractivity contribution is -0.117. The van der Waals surface area contributed by atoms with Gasteiger partial charge < -0.3 is 10.1 Å². The van der Waals surface area contributed by atoms with Gasteiger partial charge in [0.2, 0.25) is 5.91 Å². The van der Waals surface area contributed by atoms with Gasteiger partial charge in [-0.15, -0.1) is 0 Å². The summed E-state index contributed by atoms with van der Waals surface area (Å²) < 4.78 is 5.38. The highest BCUT2D eigenvalue weighted by atomic mass is 35.5. The molecule has 1 N–H and O–H groups in total. The smallest absolute Gasteiger partial charge is 0.238 e. The highest BCUT2D eigenvalue weighted by molar-refractivity contribution is 6.31. The van der Waals surface area contributed by atoms with Crippen LogP contribution in [0.5, 0.6) is 0 Å². The topological polar surface area (TPSA) is 44.8 Å². The lowest BCUT2D eigenvalue weighted by atomic mass is 10.2. The Morgan fingerprint density at radius 1 is 1.14 bits per heavy atom. The largest absolute Gasteiger partial charge is 0.379 e. The van der Waals surface area contributed by atoms with Crippen molar-refractivity contribution in [2.75, 3.05) is 44.7 Å². The van der Waals surface area contributed by atoms with Crippen LogP contribution < -0.4 is 5.32 Å². The highest BCUT2D eigenvalue weighted by Gasteiger charge is 2.13. The Morgan fingerprint density at radius 3 is 2.54 bits per heavy atom. The molecule has 0 bridgehead atoms. The minimum Gasteiger partial charge on any atom is -0.379 e. The molecule has 2 aromatic rings. The molecule has 0 aromatic heterocycles. The molecule has 1 amide bonds. The molecule has 1 aliphatic heterocycles. The van der Waals surface area contributed by atoms with Crippen LogP contribution >= 0.6 is 11.6 Å². The first-order valence-electron chi connectivity index (χ1n) is 9.78. The van der Waals surface area contributed by atoms with Crippen molar-refractivity contribution in [2.24, 2.45) is 0 Å². The summed E-state index contributed by atoms with van der Waals surface area (Å²) in [5.74, 6) is -0.0187. The van der Waals surface area contributed by atoms with Crippen molar-refractivity contribution in [2.45, 2.75) is 20.0 Å². The van der Waals surface area contributed by atoms with Gasteiger partial charge in [0.1, 0.15) is 0 Å². The number of rotatable bonds is 8. The van der Waals surface area contributed by atoms with Gasteiger partial charge in [-0.25, -0.2) is 0 Å². The summed E-state index contributed by atoms with van der Waals surface area (Å²) >= 11 is 6.24. The molecule has 1 saturated heterocycles. The third kappa shape index (κ3) is 6.31. The van der Waals surface area contributed by atoms with Crippen LogP contribution in [0.2, 0.25) is 5.02 Å². The van der Waals surface area contributed by atoms with Gasteiger partial charge in [-0.1, -0.05) is 48.9 Å². The number of morpholine rings is 1. The second-order valence-electron chi connectivity index (χ2n) is 7.03. The Kier molecular flexibility index (Phi) is 7.86. The number of nitrogens with one attached hydrogen (secondary N) is 1. The van der Waals surface area contributed by atoms with Gasteiger partial charge in [-0.05, 0) is 35.9 Å². The number of likely N-dealkylation sites (N-methyl/N-ethyl adjacent to an activating group) is 1. The summed E-state index contributed by atoms with van der Waals surface area (Å²) in [7, 11) is 0. The van der Waals surface area contributed by atoms with Gasteiger partial charge in [-0.3, -0.25) is 14.6 Å². The van der Waals surface area contributed by atoms with Crippen LogP contribution in [0.25, 0.3) is 0 Å². The summed E-state index contributed by atoms with van der Waals surface area (Å²) in [5.41, 5.74) is 3.10. The van der Waals surface area contributed by atoms with Crippen LogP contribution in [0.4, 0.5) is 5.69 Å². The molecule has 3 rings (SSSR count). The van der Waals surface area contributed by atoms with E-state index in [4.69, 9.17) is 16.3 Å². The molecule has 2 aromatic carbocycles. The van der Waals surface area contributed by atoms with Crippen molar-refractivity contribution in [3.05, 3.63) is 64.7 Å². The molecule has 0 saturated carbocycles. The van der Waals surface area contributed by atoms with Gasteiger partial charge in [0.25, 0.3) is 0 Å². The SMILES string of the molecule is CCN(CC(=O)Nc1ccc(CN2CCOCC2)cc1)Cc1ccccc1Cl. The highest BCUT2D eigenvalue weighted by Crippen LogP contribution is 2.17. The predicted molar refractivity (Wildman–Crippen MR) is 114 cm³/mol. The van der Waals surface area contributed by atoms with Crippen LogP contribution in [0, 0.1) is 0 Å². The van der Waals surface area contributed by atoms with E-state index in [1.54, 1.807) is 0 Å². The monoisotopic (exact) mass is 401 g/mol. The number of hydrogen-bond donors (Lipinski definition) is 1. The molecule has 1 heterocycles. The standard InChI is InChI=1S/C22H28ClN3O2/c1-2-25(16-19-5-3-4-6-21(19)23)17-22(27)24-20-9-7-18(8-10-20)15-26-11-13-28-14-12-26/h3-10H,2,11-17H2,1H3,(H,24,27). The summed E-state index contributed by atoms with van der Waals surface area (Å²) in [6.45, 7) is 8.26. The third-order valence-corrected chi connectivity index (χ3v) is 5.28. The van der Waals surface area contributed by atoms with Gasteiger partial charge in [0, 0.05) is 36.9 Å². The van der Waals surface area contributed by atoms with E-state index in [0.29, 0.717) is 13.1 Å². The molecule has 150 valence electrons. The van der Waals surface area contributed by atoms with E-state index in [-0.39, 0.29) is 5.91 Å². The maximum atomic E-state index is 12.5. The molecule has 6 heteroatoms. The molecule has 0 radical (unpaired) electrons. The maximum absolute atomic E-state index is 12.5. The number of carbonyl (C=O) groups excluding carboxylic acids is 1. The fraction of sp³-hybridized carbons (Fsp3) is 0.409. The third-order valence-electron chi connectivity index (χ3n) is 4.91. The number of amides is 1. The number of halogens is 1. The van der Waals surface area contributed by atoms with Crippen molar-refractivity contribution < 1.29 is 9.53 Å². The zero-order valence-electron chi connectivity index (χ0n) is 16.4. The molecule has 0 spiro atoms. The number of carbonyl (C=O) groups is 1. The van der Waals surface area contributed by atoms with Crippen LogP contribution in [0.15, 0.2) is 48.5 Å². The Hall–Kier alpha value is -1.92. The summed E-state index contributed by atoms with van der Waals surface area (Å²) in [6, 6.07) is 15.8. The number of anilines is 1. The first-order chi connectivity index (χ1) is 13.6. The van der Waals surface area contributed by atoms with E-state index in [0.717, 1.165) is 55.7 Å². The molecule has 0 aliphatic carbocycles. The van der Waals surface area contributed by atoms with Crippen molar-refractivity contribution in [1.29, 1.82) is 0 Å². The number of hydrogen-bond acceptors (Lipinski definition) is 4. The fourth-order valence-corrected chi connectivity index (χ4v) is 3.46. The minimum atomic E-state index is -0.0187. The normalized spacial score (nSPS) is 15.0. The van der Waals surface area contributed by atoms with Crippen molar-refractivity contribution >= 4 is 23.2 Å². The lowest BCUT2D eigenvalue weighted by Gasteiger charge is -2.26. The molecule has 1 aliphatic rings. The van der Waals surface area contributed by atoms with E-state index in [9.17, 15) is 4.79 Å². The van der Waals surface area contributed by atoms with E-state index < -0.39 is 0 Å². The van der Waals surface area contributed by atoms with E-state index in [1.165, 1.54) is 5.56 Å². The molecule has 28 heavy (non-hydrogen) atoms. The van der Waals surface area contributed by atoms with E-state index >= 15 is 0 Å². The molecule has 0 unspecified atom stereocenters. The lowest BCUT2D eigenvalue weighted by Crippen LogP contribution is -2.35. The van der Waals surface area contributed by atoms with Gasteiger partial charge in [-0.2, -0.15) is 0 Å². The predicted octanol–water partition coefficient (Wildman–Crippen LogP) is 3.63. The van der Waals surface area contributed by atoms with Crippen molar-refractivity contribution in [3.8, 4) is 0 Å². The molecular weight excluding hydrogens is 374 g/mol. The van der Waals surface area contributed by atoms with Gasteiger partial charge in [0.05, 0.1) is 19.8 Å².